The SMILES string of the molecule is O=C(NCCc1ccccc1)c1ccc(CNC2=C(Cl)C(=O)N(C3CCCCC3)C2=O)cc1. The number of hydrogen-bond donors (Lipinski definition) is 2. The molecular formula is C26H28ClN3O3. The highest BCUT2D eigenvalue weighted by Crippen LogP contribution is 2.30. The van der Waals surface area contributed by atoms with Crippen LogP contribution >= 0.6 is 11.6 Å². The van der Waals surface area contributed by atoms with E-state index in [0.29, 0.717) is 18.7 Å². The van der Waals surface area contributed by atoms with Crippen LogP contribution in [0.5, 0.6) is 0 Å². The number of benzene rings is 2. The first-order valence-electron chi connectivity index (χ1n) is 11.5. The molecule has 4 rings (SSSR count). The van der Waals surface area contributed by atoms with Crippen LogP contribution in [0.25, 0.3) is 0 Å². The first-order valence-corrected chi connectivity index (χ1v) is 11.8. The number of nitrogens with zero attached hydrogens (tertiary/aromatic N) is 1. The molecule has 1 saturated carbocycles. The smallest absolute Gasteiger partial charge is 0.278 e. The van der Waals surface area contributed by atoms with Gasteiger partial charge in [0.05, 0.1) is 0 Å². The number of carbonyl (C=O) groups is 3. The molecule has 172 valence electrons. The summed E-state index contributed by atoms with van der Waals surface area (Å²) in [5, 5.41) is 5.92. The molecule has 0 radical (unpaired) electrons. The molecular weight excluding hydrogens is 438 g/mol. The van der Waals surface area contributed by atoms with Crippen LogP contribution in [0, 0.1) is 0 Å². The summed E-state index contributed by atoms with van der Waals surface area (Å²) < 4.78 is 0. The molecule has 0 spiro atoms. The van der Waals surface area contributed by atoms with Crippen molar-refractivity contribution < 1.29 is 14.4 Å². The summed E-state index contributed by atoms with van der Waals surface area (Å²) in [4.78, 5) is 39.1. The summed E-state index contributed by atoms with van der Waals surface area (Å²) in [6, 6.07) is 17.1. The van der Waals surface area contributed by atoms with Crippen molar-refractivity contribution in [2.24, 2.45) is 0 Å². The fraction of sp³-hybridized carbons (Fsp3) is 0.346. The van der Waals surface area contributed by atoms with Gasteiger partial charge in [-0.2, -0.15) is 0 Å². The molecule has 0 unspecified atom stereocenters. The predicted octanol–water partition coefficient (Wildman–Crippen LogP) is 3.90. The molecule has 33 heavy (non-hydrogen) atoms. The van der Waals surface area contributed by atoms with Gasteiger partial charge in [0.2, 0.25) is 0 Å². The van der Waals surface area contributed by atoms with E-state index in [-0.39, 0.29) is 28.6 Å². The van der Waals surface area contributed by atoms with Gasteiger partial charge < -0.3 is 10.6 Å². The maximum atomic E-state index is 12.8. The van der Waals surface area contributed by atoms with Crippen LogP contribution in [0.2, 0.25) is 0 Å². The molecule has 2 aromatic rings. The zero-order valence-electron chi connectivity index (χ0n) is 18.5. The lowest BCUT2D eigenvalue weighted by molar-refractivity contribution is -0.140. The highest BCUT2D eigenvalue weighted by Gasteiger charge is 2.41. The Hall–Kier alpha value is -3.12. The molecule has 0 bridgehead atoms. The van der Waals surface area contributed by atoms with E-state index < -0.39 is 5.91 Å². The second-order valence-electron chi connectivity index (χ2n) is 8.50. The summed E-state index contributed by atoms with van der Waals surface area (Å²) >= 11 is 6.22. The van der Waals surface area contributed by atoms with E-state index in [1.165, 1.54) is 10.5 Å². The monoisotopic (exact) mass is 465 g/mol. The molecule has 6 nitrogen and oxygen atoms in total. The minimum atomic E-state index is -0.404. The minimum Gasteiger partial charge on any atom is -0.375 e. The lowest BCUT2D eigenvalue weighted by Crippen LogP contribution is -2.43. The van der Waals surface area contributed by atoms with E-state index in [9.17, 15) is 14.4 Å². The maximum Gasteiger partial charge on any atom is 0.278 e. The molecule has 1 aliphatic heterocycles. The molecule has 0 atom stereocenters. The Morgan fingerprint density at radius 3 is 2.30 bits per heavy atom. The molecule has 1 aliphatic carbocycles. The van der Waals surface area contributed by atoms with Crippen LogP contribution in [-0.2, 0) is 22.6 Å². The van der Waals surface area contributed by atoms with Crippen molar-refractivity contribution >= 4 is 29.3 Å². The minimum absolute atomic E-state index is 0.0417. The van der Waals surface area contributed by atoms with Crippen molar-refractivity contribution in [2.75, 3.05) is 6.54 Å². The van der Waals surface area contributed by atoms with Crippen LogP contribution < -0.4 is 10.6 Å². The first kappa shape index (κ1) is 23.1. The van der Waals surface area contributed by atoms with Gasteiger partial charge in [-0.3, -0.25) is 19.3 Å². The average molecular weight is 466 g/mol. The van der Waals surface area contributed by atoms with E-state index in [1.54, 1.807) is 12.1 Å². The molecule has 2 N–H and O–H groups in total. The van der Waals surface area contributed by atoms with E-state index in [1.807, 2.05) is 42.5 Å². The number of imide groups is 1. The van der Waals surface area contributed by atoms with Gasteiger partial charge in [0.1, 0.15) is 10.7 Å². The average Bonchev–Trinajstić information content (AvgIpc) is 3.06. The van der Waals surface area contributed by atoms with Crippen LogP contribution in [-0.4, -0.2) is 35.2 Å². The van der Waals surface area contributed by atoms with E-state index in [0.717, 1.165) is 44.1 Å². The van der Waals surface area contributed by atoms with Gasteiger partial charge in [0.15, 0.2) is 0 Å². The molecule has 2 aliphatic rings. The second kappa shape index (κ2) is 10.7. The quantitative estimate of drug-likeness (QED) is 0.579. The number of rotatable bonds is 8. The van der Waals surface area contributed by atoms with Gasteiger partial charge in [0, 0.05) is 24.7 Å². The zero-order chi connectivity index (χ0) is 23.2. The summed E-state index contributed by atoms with van der Waals surface area (Å²) in [7, 11) is 0. The fourth-order valence-electron chi connectivity index (χ4n) is 4.37. The molecule has 3 amide bonds. The maximum absolute atomic E-state index is 12.8. The van der Waals surface area contributed by atoms with E-state index >= 15 is 0 Å². The lowest BCUT2D eigenvalue weighted by Gasteiger charge is -2.29. The Morgan fingerprint density at radius 1 is 0.909 bits per heavy atom. The topological polar surface area (TPSA) is 78.5 Å². The van der Waals surface area contributed by atoms with Crippen molar-refractivity contribution in [1.82, 2.24) is 15.5 Å². The second-order valence-corrected chi connectivity index (χ2v) is 8.88. The molecule has 7 heteroatoms. The Balaban J connectivity index is 1.29. The molecule has 1 heterocycles. The highest BCUT2D eigenvalue weighted by atomic mass is 35.5. The Labute approximate surface area is 199 Å². The van der Waals surface area contributed by atoms with Gasteiger partial charge in [-0.25, -0.2) is 0 Å². The van der Waals surface area contributed by atoms with Gasteiger partial charge in [-0.15, -0.1) is 0 Å². The van der Waals surface area contributed by atoms with Gasteiger partial charge in [-0.1, -0.05) is 73.3 Å². The Bertz CT molecular complexity index is 1040. The van der Waals surface area contributed by atoms with Crippen molar-refractivity contribution in [2.45, 2.75) is 51.1 Å². The van der Waals surface area contributed by atoms with E-state index in [2.05, 4.69) is 10.6 Å². The number of carbonyl (C=O) groups excluding carboxylic acids is 3. The summed E-state index contributed by atoms with van der Waals surface area (Å²) in [5.41, 5.74) is 2.79. The standard InChI is InChI=1S/C26H28ClN3O3/c27-22-23(26(33)30(25(22)32)21-9-5-2-6-10-21)29-17-19-11-13-20(14-12-19)24(31)28-16-15-18-7-3-1-4-8-18/h1,3-4,7-8,11-14,21,29H,2,5-6,9-10,15-17H2,(H,28,31). The molecule has 0 saturated heterocycles. The molecule has 0 aromatic heterocycles. The number of amides is 3. The molecule has 1 fully saturated rings. The Kier molecular flexibility index (Phi) is 7.45. The van der Waals surface area contributed by atoms with Crippen LogP contribution in [0.3, 0.4) is 0 Å². The van der Waals surface area contributed by atoms with Gasteiger partial charge in [0.25, 0.3) is 17.7 Å². The largest absolute Gasteiger partial charge is 0.375 e. The van der Waals surface area contributed by atoms with Gasteiger partial charge in [-0.05, 0) is 42.5 Å². The summed E-state index contributed by atoms with van der Waals surface area (Å²) in [5.74, 6) is -0.874. The molecule has 2 aromatic carbocycles. The third kappa shape index (κ3) is 5.45. The number of nitrogens with one attached hydrogen (secondary N) is 2. The summed E-state index contributed by atoms with van der Waals surface area (Å²) in [6.07, 6.45) is 5.63. The normalized spacial score (nSPS) is 16.9. The Morgan fingerprint density at radius 2 is 1.61 bits per heavy atom. The first-order chi connectivity index (χ1) is 16.0. The fourth-order valence-corrected chi connectivity index (χ4v) is 4.61. The predicted molar refractivity (Wildman–Crippen MR) is 127 cm³/mol. The van der Waals surface area contributed by atoms with Crippen LogP contribution in [0.4, 0.5) is 0 Å². The van der Waals surface area contributed by atoms with Crippen LogP contribution in [0.1, 0.15) is 53.6 Å². The lowest BCUT2D eigenvalue weighted by atomic mass is 9.94. The highest BCUT2D eigenvalue weighted by molar-refractivity contribution is 6.47. The van der Waals surface area contributed by atoms with Gasteiger partial charge >= 0.3 is 0 Å². The van der Waals surface area contributed by atoms with Crippen molar-refractivity contribution in [3.8, 4) is 0 Å². The third-order valence-corrected chi connectivity index (χ3v) is 6.58. The third-order valence-electron chi connectivity index (χ3n) is 6.23. The van der Waals surface area contributed by atoms with E-state index in [4.69, 9.17) is 11.6 Å². The number of hydrogen-bond acceptors (Lipinski definition) is 4. The number of halogens is 1. The van der Waals surface area contributed by atoms with Crippen molar-refractivity contribution in [3.63, 3.8) is 0 Å². The summed E-state index contributed by atoms with van der Waals surface area (Å²) in [6.45, 7) is 0.894. The van der Waals surface area contributed by atoms with Crippen LogP contribution in [0.15, 0.2) is 65.3 Å². The van der Waals surface area contributed by atoms with Crippen molar-refractivity contribution in [3.05, 3.63) is 82.0 Å². The zero-order valence-corrected chi connectivity index (χ0v) is 19.2. The van der Waals surface area contributed by atoms with Crippen molar-refractivity contribution in [1.29, 1.82) is 0 Å².